The highest BCUT2D eigenvalue weighted by Crippen LogP contribution is 2.23. The molecule has 0 saturated carbocycles. The number of carboxylic acid groups (broad SMARTS) is 1. The molecule has 1 aromatic carbocycles. The lowest BCUT2D eigenvalue weighted by atomic mass is 10.2. The van der Waals surface area contributed by atoms with Gasteiger partial charge in [-0.15, -0.1) is 0 Å². The molecule has 10 heteroatoms. The summed E-state index contributed by atoms with van der Waals surface area (Å²) in [5, 5.41) is 14.1. The predicted molar refractivity (Wildman–Crippen MR) is 116 cm³/mol. The smallest absolute Gasteiger partial charge is 0.407 e. The molecule has 4 aromatic rings. The van der Waals surface area contributed by atoms with Gasteiger partial charge in [0.25, 0.3) is 5.56 Å². The standard InChI is InChI=1S/C21H21N7O3/c1-12-11-28-18(13(2)22-12)10-17(25-28)19-23-16-4-3-14(9-15(16)20(29)24-19)26-5-7-27(8-6-26)21(30)31/h3-4,9-11H,5-8H2,1-2H3,(H,30,31)(H,23,24,29). The molecular formula is C21H21N7O3. The zero-order valence-corrected chi connectivity index (χ0v) is 17.2. The number of nitrogens with zero attached hydrogens (tertiary/aromatic N) is 6. The van der Waals surface area contributed by atoms with Gasteiger partial charge in [0.1, 0.15) is 5.69 Å². The first-order valence-corrected chi connectivity index (χ1v) is 10.00. The lowest BCUT2D eigenvalue weighted by molar-refractivity contribution is 0.142. The highest BCUT2D eigenvalue weighted by molar-refractivity contribution is 5.83. The van der Waals surface area contributed by atoms with E-state index < -0.39 is 6.09 Å². The number of amides is 1. The summed E-state index contributed by atoms with van der Waals surface area (Å²) in [5.41, 5.74) is 4.36. The van der Waals surface area contributed by atoms with Crippen molar-refractivity contribution >= 4 is 28.2 Å². The summed E-state index contributed by atoms with van der Waals surface area (Å²) in [6.07, 6.45) is 0.931. The Bertz CT molecular complexity index is 1380. The van der Waals surface area contributed by atoms with Crippen molar-refractivity contribution in [2.24, 2.45) is 0 Å². The molecule has 1 aliphatic rings. The summed E-state index contributed by atoms with van der Waals surface area (Å²) in [5.74, 6) is 0.404. The van der Waals surface area contributed by atoms with Crippen LogP contribution in [-0.2, 0) is 0 Å². The number of fused-ring (bicyclic) bond motifs is 2. The molecule has 5 rings (SSSR count). The lowest BCUT2D eigenvalue weighted by Gasteiger charge is -2.34. The van der Waals surface area contributed by atoms with Crippen LogP contribution in [0.2, 0.25) is 0 Å². The maximum atomic E-state index is 12.8. The number of aryl methyl sites for hydroxylation is 2. The van der Waals surface area contributed by atoms with Crippen LogP contribution in [0.1, 0.15) is 11.4 Å². The van der Waals surface area contributed by atoms with E-state index in [4.69, 9.17) is 5.11 Å². The molecule has 1 fully saturated rings. The largest absolute Gasteiger partial charge is 0.465 e. The van der Waals surface area contributed by atoms with Crippen molar-refractivity contribution in [2.75, 3.05) is 31.1 Å². The van der Waals surface area contributed by atoms with Crippen LogP contribution in [0.25, 0.3) is 27.9 Å². The molecular weight excluding hydrogens is 398 g/mol. The fourth-order valence-corrected chi connectivity index (χ4v) is 4.01. The molecule has 2 N–H and O–H groups in total. The number of hydrogen-bond acceptors (Lipinski definition) is 6. The monoisotopic (exact) mass is 419 g/mol. The first-order valence-electron chi connectivity index (χ1n) is 10.00. The van der Waals surface area contributed by atoms with E-state index >= 15 is 0 Å². The number of hydrogen-bond donors (Lipinski definition) is 2. The molecule has 0 atom stereocenters. The van der Waals surface area contributed by atoms with Crippen molar-refractivity contribution in [3.63, 3.8) is 0 Å². The summed E-state index contributed by atoms with van der Waals surface area (Å²) in [4.78, 5) is 39.3. The fourth-order valence-electron chi connectivity index (χ4n) is 4.01. The van der Waals surface area contributed by atoms with Crippen LogP contribution in [0.5, 0.6) is 0 Å². The number of piperazine rings is 1. The van der Waals surface area contributed by atoms with Crippen molar-refractivity contribution in [3.05, 3.63) is 52.2 Å². The van der Waals surface area contributed by atoms with Crippen molar-refractivity contribution in [2.45, 2.75) is 13.8 Å². The quantitative estimate of drug-likeness (QED) is 0.510. The van der Waals surface area contributed by atoms with Gasteiger partial charge < -0.3 is 19.9 Å². The number of aromatic nitrogens is 5. The summed E-state index contributed by atoms with van der Waals surface area (Å²) in [6.45, 7) is 5.85. The third-order valence-corrected chi connectivity index (χ3v) is 5.61. The average molecular weight is 419 g/mol. The summed E-state index contributed by atoms with van der Waals surface area (Å²) in [6, 6.07) is 7.40. The molecule has 0 radical (unpaired) electrons. The van der Waals surface area contributed by atoms with E-state index in [1.807, 2.05) is 44.3 Å². The van der Waals surface area contributed by atoms with Crippen molar-refractivity contribution in [1.29, 1.82) is 0 Å². The second kappa shape index (κ2) is 7.08. The molecule has 1 aliphatic heterocycles. The van der Waals surface area contributed by atoms with E-state index in [0.717, 1.165) is 22.6 Å². The minimum Gasteiger partial charge on any atom is -0.465 e. The summed E-state index contributed by atoms with van der Waals surface area (Å²) >= 11 is 0. The fraction of sp³-hybridized carbons (Fsp3) is 0.286. The molecule has 0 bridgehead atoms. The molecule has 10 nitrogen and oxygen atoms in total. The molecule has 4 heterocycles. The van der Waals surface area contributed by atoms with Gasteiger partial charge in [-0.3, -0.25) is 9.78 Å². The molecule has 0 spiro atoms. The third kappa shape index (κ3) is 3.35. The number of aromatic amines is 1. The SMILES string of the molecule is Cc1cn2nc(-c3nc4ccc(N5CCN(C(=O)O)CC5)cc4c(=O)[nH]3)cc2c(C)n1. The molecule has 31 heavy (non-hydrogen) atoms. The van der Waals surface area contributed by atoms with Gasteiger partial charge in [0.15, 0.2) is 5.82 Å². The molecule has 0 unspecified atom stereocenters. The van der Waals surface area contributed by atoms with E-state index in [2.05, 4.69) is 25.0 Å². The van der Waals surface area contributed by atoms with E-state index in [0.29, 0.717) is 48.6 Å². The number of nitrogens with one attached hydrogen (secondary N) is 1. The summed E-state index contributed by atoms with van der Waals surface area (Å²) < 4.78 is 1.75. The first-order chi connectivity index (χ1) is 14.9. The molecule has 3 aromatic heterocycles. The number of carbonyl (C=O) groups is 1. The molecule has 0 aliphatic carbocycles. The van der Waals surface area contributed by atoms with Gasteiger partial charge in [-0.05, 0) is 38.1 Å². The Morgan fingerprint density at radius 3 is 2.61 bits per heavy atom. The zero-order valence-electron chi connectivity index (χ0n) is 17.2. The Labute approximate surface area is 176 Å². The number of rotatable bonds is 2. The van der Waals surface area contributed by atoms with Gasteiger partial charge in [0.2, 0.25) is 0 Å². The van der Waals surface area contributed by atoms with Gasteiger partial charge in [0, 0.05) is 31.9 Å². The van der Waals surface area contributed by atoms with Gasteiger partial charge in [-0.2, -0.15) is 5.10 Å². The van der Waals surface area contributed by atoms with Crippen LogP contribution in [0.3, 0.4) is 0 Å². The van der Waals surface area contributed by atoms with Crippen LogP contribution >= 0.6 is 0 Å². The number of benzene rings is 1. The first kappa shape index (κ1) is 19.0. The zero-order chi connectivity index (χ0) is 21.7. The second-order valence-electron chi connectivity index (χ2n) is 7.70. The van der Waals surface area contributed by atoms with Crippen molar-refractivity contribution in [3.8, 4) is 11.5 Å². The Hall–Kier alpha value is -3.95. The maximum absolute atomic E-state index is 12.8. The average Bonchev–Trinajstić information content (AvgIpc) is 3.18. The van der Waals surface area contributed by atoms with Crippen molar-refractivity contribution in [1.82, 2.24) is 29.5 Å². The molecule has 158 valence electrons. The highest BCUT2D eigenvalue weighted by atomic mass is 16.4. The Morgan fingerprint density at radius 2 is 1.87 bits per heavy atom. The van der Waals surface area contributed by atoms with Crippen LogP contribution in [0, 0.1) is 13.8 Å². The summed E-state index contributed by atoms with van der Waals surface area (Å²) in [7, 11) is 0. The van der Waals surface area contributed by atoms with Crippen LogP contribution in [0.4, 0.5) is 10.5 Å². The van der Waals surface area contributed by atoms with E-state index in [1.165, 1.54) is 4.90 Å². The van der Waals surface area contributed by atoms with Crippen molar-refractivity contribution < 1.29 is 9.90 Å². The van der Waals surface area contributed by atoms with Gasteiger partial charge in [-0.25, -0.2) is 14.3 Å². The van der Waals surface area contributed by atoms with Gasteiger partial charge >= 0.3 is 6.09 Å². The van der Waals surface area contributed by atoms with E-state index in [9.17, 15) is 9.59 Å². The van der Waals surface area contributed by atoms with Crippen LogP contribution < -0.4 is 10.5 Å². The van der Waals surface area contributed by atoms with Gasteiger partial charge in [0.05, 0.1) is 34.0 Å². The molecule has 1 saturated heterocycles. The third-order valence-electron chi connectivity index (χ3n) is 5.61. The topological polar surface area (TPSA) is 120 Å². The van der Waals surface area contributed by atoms with Gasteiger partial charge in [-0.1, -0.05) is 0 Å². The Morgan fingerprint density at radius 1 is 1.10 bits per heavy atom. The second-order valence-corrected chi connectivity index (χ2v) is 7.70. The van der Waals surface area contributed by atoms with Crippen LogP contribution in [-0.4, -0.2) is 66.8 Å². The normalized spacial score (nSPS) is 14.5. The highest BCUT2D eigenvalue weighted by Gasteiger charge is 2.21. The minimum absolute atomic E-state index is 0.242. The number of anilines is 1. The Balaban J connectivity index is 1.50. The van der Waals surface area contributed by atoms with Crippen LogP contribution in [0.15, 0.2) is 35.3 Å². The number of H-pyrrole nitrogens is 1. The van der Waals surface area contributed by atoms with E-state index in [1.54, 1.807) is 4.52 Å². The lowest BCUT2D eigenvalue weighted by Crippen LogP contribution is -2.48. The van der Waals surface area contributed by atoms with E-state index in [-0.39, 0.29) is 5.56 Å². The Kier molecular flexibility index (Phi) is 4.35. The maximum Gasteiger partial charge on any atom is 0.407 e. The predicted octanol–water partition coefficient (Wildman–Crippen LogP) is 2.05. The molecule has 1 amide bonds. The minimum atomic E-state index is -0.903.